The summed E-state index contributed by atoms with van der Waals surface area (Å²) in [4.78, 5) is 5.61. The summed E-state index contributed by atoms with van der Waals surface area (Å²) in [5.74, 6) is 0.582. The smallest absolute Gasteiger partial charge is 0.0833 e. The molecule has 2 nitrogen and oxygen atoms in total. The number of nitrogens with zero attached hydrogens (tertiary/aromatic N) is 1. The van der Waals surface area contributed by atoms with Crippen molar-refractivity contribution in [2.24, 2.45) is 16.6 Å². The quantitative estimate of drug-likeness (QED) is 0.146. The van der Waals surface area contributed by atoms with Gasteiger partial charge in [-0.05, 0) is 112 Å². The third-order valence-corrected chi connectivity index (χ3v) is 13.4. The number of aryl methyl sites for hydroxylation is 1. The fraction of sp³-hybridized carbons (Fsp3) is 0.145. The molecule has 58 heavy (non-hydrogen) atoms. The highest BCUT2D eigenvalue weighted by atomic mass is 32.1. The topological polar surface area (TPSA) is 38.4 Å². The zero-order valence-electron chi connectivity index (χ0n) is 33.0. The Kier molecular flexibility index (Phi) is 9.57. The Bertz CT molecular complexity index is 2880. The van der Waals surface area contributed by atoms with Gasteiger partial charge in [-0.2, -0.15) is 0 Å². The lowest BCUT2D eigenvalue weighted by Crippen LogP contribution is -2.33. The predicted octanol–water partition coefficient (Wildman–Crippen LogP) is 14.4. The SMILES string of the molecule is C/C(=N\C(c1ccc(-c2ccccc2)cc1)C1C=CC(c2cccc3c2sc2cccc(-c4ccccc4)c23)=CC1N)c1ccc(-c2ccccc2C)c(C2CC2)c1. The zero-order valence-corrected chi connectivity index (χ0v) is 33.8. The minimum absolute atomic E-state index is 0.0262. The van der Waals surface area contributed by atoms with E-state index in [2.05, 4.69) is 196 Å². The molecule has 2 N–H and O–H groups in total. The van der Waals surface area contributed by atoms with E-state index in [1.807, 2.05) is 11.3 Å². The lowest BCUT2D eigenvalue weighted by molar-refractivity contribution is 0.474. The number of thiophene rings is 1. The number of aliphatic imine (C=N–C) groups is 1. The van der Waals surface area contributed by atoms with Crippen LogP contribution in [-0.2, 0) is 0 Å². The van der Waals surface area contributed by atoms with Gasteiger partial charge in [-0.1, -0.05) is 170 Å². The number of fused-ring (bicyclic) bond motifs is 3. The molecule has 8 aromatic rings. The Morgan fingerprint density at radius 2 is 1.33 bits per heavy atom. The number of allylic oxidation sites excluding steroid dienone is 2. The van der Waals surface area contributed by atoms with Gasteiger partial charge in [-0.15, -0.1) is 11.3 Å². The minimum Gasteiger partial charge on any atom is -0.324 e. The maximum absolute atomic E-state index is 7.28. The van der Waals surface area contributed by atoms with Crippen molar-refractivity contribution in [2.75, 3.05) is 0 Å². The van der Waals surface area contributed by atoms with E-state index in [0.29, 0.717) is 5.92 Å². The van der Waals surface area contributed by atoms with Crippen molar-refractivity contribution in [3.63, 3.8) is 0 Å². The van der Waals surface area contributed by atoms with E-state index in [-0.39, 0.29) is 18.0 Å². The van der Waals surface area contributed by atoms with Crippen molar-refractivity contribution in [1.29, 1.82) is 0 Å². The van der Waals surface area contributed by atoms with Crippen LogP contribution in [0.4, 0.5) is 0 Å². The average Bonchev–Trinajstić information content (AvgIpc) is 4.05. The molecule has 7 aromatic carbocycles. The van der Waals surface area contributed by atoms with Crippen LogP contribution in [0, 0.1) is 12.8 Å². The molecule has 1 saturated carbocycles. The monoisotopic (exact) mass is 766 g/mol. The summed E-state index contributed by atoms with van der Waals surface area (Å²) in [6.45, 7) is 4.39. The maximum atomic E-state index is 7.28. The first-order chi connectivity index (χ1) is 28.5. The van der Waals surface area contributed by atoms with Crippen LogP contribution in [0.1, 0.15) is 59.5 Å². The molecule has 2 aliphatic rings. The molecule has 1 heterocycles. The molecule has 282 valence electrons. The first-order valence-electron chi connectivity index (χ1n) is 20.6. The van der Waals surface area contributed by atoms with Gasteiger partial charge in [-0.3, -0.25) is 4.99 Å². The number of nitrogens with two attached hydrogens (primary N) is 1. The summed E-state index contributed by atoms with van der Waals surface area (Å²) >= 11 is 1.87. The first kappa shape index (κ1) is 36.2. The van der Waals surface area contributed by atoms with E-state index < -0.39 is 0 Å². The third-order valence-electron chi connectivity index (χ3n) is 12.2. The van der Waals surface area contributed by atoms with Gasteiger partial charge in [-0.25, -0.2) is 0 Å². The van der Waals surface area contributed by atoms with E-state index in [4.69, 9.17) is 10.7 Å². The summed E-state index contributed by atoms with van der Waals surface area (Å²) < 4.78 is 2.59. The summed E-state index contributed by atoms with van der Waals surface area (Å²) in [6.07, 6.45) is 9.39. The van der Waals surface area contributed by atoms with Crippen molar-refractivity contribution in [2.45, 2.75) is 44.7 Å². The van der Waals surface area contributed by atoms with Gasteiger partial charge < -0.3 is 5.73 Å². The van der Waals surface area contributed by atoms with Crippen molar-refractivity contribution in [3.8, 4) is 33.4 Å². The standard InChI is InChI=1S/C55H46N2S/c1-35-13-9-10-18-44(35)47-31-29-42(33-50(47)40-25-26-40)36(2)57-54(41-27-23-38(24-28-41)37-14-5-3-6-15-37)48-32-30-43(34-51(48)56)46-20-11-21-49-53-45(39-16-7-4-8-17-39)19-12-22-52(53)58-55(46)49/h3-24,27-34,40,48,51,54H,25-26,56H2,1-2H3/b57-36+. The van der Waals surface area contributed by atoms with Crippen molar-refractivity contribution in [1.82, 2.24) is 0 Å². The lowest BCUT2D eigenvalue weighted by atomic mass is 9.81. The molecule has 1 aromatic heterocycles. The maximum Gasteiger partial charge on any atom is 0.0833 e. The highest BCUT2D eigenvalue weighted by molar-refractivity contribution is 7.26. The molecule has 3 atom stereocenters. The number of hydrogen-bond donors (Lipinski definition) is 1. The van der Waals surface area contributed by atoms with E-state index in [9.17, 15) is 0 Å². The highest BCUT2D eigenvalue weighted by Gasteiger charge is 2.30. The second-order valence-electron chi connectivity index (χ2n) is 16.0. The van der Waals surface area contributed by atoms with E-state index in [1.165, 1.54) is 99.8 Å². The number of hydrogen-bond acceptors (Lipinski definition) is 3. The van der Waals surface area contributed by atoms with Gasteiger partial charge in [0.25, 0.3) is 0 Å². The molecule has 0 radical (unpaired) electrons. The molecule has 3 unspecified atom stereocenters. The fourth-order valence-corrected chi connectivity index (χ4v) is 10.2. The van der Waals surface area contributed by atoms with Crippen LogP contribution >= 0.6 is 11.3 Å². The Morgan fingerprint density at radius 1 is 0.655 bits per heavy atom. The minimum atomic E-state index is -0.231. The van der Waals surface area contributed by atoms with Gasteiger partial charge in [0, 0.05) is 37.8 Å². The molecule has 2 aliphatic carbocycles. The van der Waals surface area contributed by atoms with Crippen molar-refractivity contribution in [3.05, 3.63) is 210 Å². The van der Waals surface area contributed by atoms with Gasteiger partial charge in [0.1, 0.15) is 0 Å². The number of benzene rings is 7. The predicted molar refractivity (Wildman–Crippen MR) is 249 cm³/mol. The van der Waals surface area contributed by atoms with Crippen LogP contribution in [-0.4, -0.2) is 11.8 Å². The Morgan fingerprint density at radius 3 is 2.07 bits per heavy atom. The summed E-state index contributed by atoms with van der Waals surface area (Å²) in [5, 5.41) is 2.61. The molecular weight excluding hydrogens is 721 g/mol. The van der Waals surface area contributed by atoms with E-state index >= 15 is 0 Å². The zero-order chi connectivity index (χ0) is 39.2. The molecule has 1 fully saturated rings. The fourth-order valence-electron chi connectivity index (χ4n) is 8.96. The first-order valence-corrected chi connectivity index (χ1v) is 21.4. The summed E-state index contributed by atoms with van der Waals surface area (Å²) in [5.41, 5.74) is 23.4. The van der Waals surface area contributed by atoms with Crippen molar-refractivity contribution >= 4 is 42.8 Å². The van der Waals surface area contributed by atoms with E-state index in [0.717, 1.165) is 5.71 Å². The van der Waals surface area contributed by atoms with Crippen LogP contribution in [0.5, 0.6) is 0 Å². The molecular formula is C55H46N2S. The largest absolute Gasteiger partial charge is 0.324 e. The number of rotatable bonds is 9. The summed E-state index contributed by atoms with van der Waals surface area (Å²) in [7, 11) is 0. The Hall–Kier alpha value is -6.13. The Labute approximate surface area is 345 Å². The van der Waals surface area contributed by atoms with Crippen LogP contribution in [0.25, 0.3) is 59.1 Å². The van der Waals surface area contributed by atoms with Gasteiger partial charge >= 0.3 is 0 Å². The molecule has 10 rings (SSSR count). The molecule has 0 saturated heterocycles. The highest BCUT2D eigenvalue weighted by Crippen LogP contribution is 2.47. The molecule has 3 heteroatoms. The van der Waals surface area contributed by atoms with Crippen LogP contribution in [0.3, 0.4) is 0 Å². The van der Waals surface area contributed by atoms with E-state index in [1.54, 1.807) is 0 Å². The average molecular weight is 767 g/mol. The van der Waals surface area contributed by atoms with Gasteiger partial charge in [0.05, 0.1) is 6.04 Å². The van der Waals surface area contributed by atoms with Gasteiger partial charge in [0.15, 0.2) is 0 Å². The van der Waals surface area contributed by atoms with Crippen LogP contribution in [0.15, 0.2) is 187 Å². The second kappa shape index (κ2) is 15.3. The normalized spacial score (nSPS) is 17.4. The third kappa shape index (κ3) is 6.85. The Balaban J connectivity index is 1.03. The molecule has 0 bridgehead atoms. The lowest BCUT2D eigenvalue weighted by Gasteiger charge is -2.30. The van der Waals surface area contributed by atoms with Crippen LogP contribution < -0.4 is 5.73 Å². The second-order valence-corrected chi connectivity index (χ2v) is 17.1. The van der Waals surface area contributed by atoms with Crippen LogP contribution in [0.2, 0.25) is 0 Å². The summed E-state index contributed by atoms with van der Waals surface area (Å²) in [6, 6.07) is 59.0. The van der Waals surface area contributed by atoms with Crippen molar-refractivity contribution < 1.29 is 0 Å². The molecule has 0 spiro atoms. The molecule has 0 amide bonds. The molecule has 0 aliphatic heterocycles. The van der Waals surface area contributed by atoms with Gasteiger partial charge in [0.2, 0.25) is 0 Å².